The molecular weight excluding hydrogens is 566 g/mol. The first kappa shape index (κ1) is 33.7. The van der Waals surface area contributed by atoms with Gasteiger partial charge in [0.1, 0.15) is 20.2 Å². The number of rotatable bonds is 5. The maximum absolute atomic E-state index is 13.4. The fraction of sp³-hybridized carbons (Fsp3) is 0.333. The maximum Gasteiger partial charge on any atom is 1.00 e. The molecule has 0 spiro atoms. The molecule has 1 aliphatic rings. The van der Waals surface area contributed by atoms with E-state index in [1.807, 2.05) is 60.7 Å². The zero-order valence-electron chi connectivity index (χ0n) is 23.5. The van der Waals surface area contributed by atoms with E-state index in [0.29, 0.717) is 17.4 Å². The van der Waals surface area contributed by atoms with E-state index in [4.69, 9.17) is 0 Å². The molecule has 0 saturated heterocycles. The average molecular weight is 597 g/mol. The third-order valence-corrected chi connectivity index (χ3v) is 12.4. The van der Waals surface area contributed by atoms with Crippen molar-refractivity contribution in [3.05, 3.63) is 96.1 Å². The number of benzene rings is 4. The number of fused-ring (bicyclic) bond motifs is 2. The molecule has 5 rings (SSSR count). The Kier molecular flexibility index (Phi) is 10.2. The molecule has 0 heterocycles. The zero-order chi connectivity index (χ0) is 27.5. The molecule has 0 amide bonds. The summed E-state index contributed by atoms with van der Waals surface area (Å²) < 4.78 is 77.5. The molecule has 40 heavy (non-hydrogen) atoms. The first-order valence-corrected chi connectivity index (χ1v) is 15.5. The fourth-order valence-corrected chi connectivity index (χ4v) is 11.1. The summed E-state index contributed by atoms with van der Waals surface area (Å²) in [5, 5.41) is 3.13. The van der Waals surface area contributed by atoms with Crippen LogP contribution in [-0.2, 0) is 25.7 Å². The summed E-state index contributed by atoms with van der Waals surface area (Å²) in [5.41, 5.74) is -0.742. The van der Waals surface area contributed by atoms with Gasteiger partial charge < -0.3 is 9.11 Å². The van der Waals surface area contributed by atoms with Crippen LogP contribution in [0.3, 0.4) is 0 Å². The first-order chi connectivity index (χ1) is 17.9. The van der Waals surface area contributed by atoms with E-state index in [0.717, 1.165) is 21.7 Å². The Morgan fingerprint density at radius 1 is 0.725 bits per heavy atom. The van der Waals surface area contributed by atoms with Crippen molar-refractivity contribution in [1.82, 2.24) is 0 Å². The third-order valence-electron chi connectivity index (χ3n) is 8.59. The quantitative estimate of drug-likeness (QED) is 0.235. The molecule has 4 aromatic carbocycles. The molecule has 0 aliphatic heterocycles. The van der Waals surface area contributed by atoms with Gasteiger partial charge >= 0.3 is 59.1 Å². The summed E-state index contributed by atoms with van der Waals surface area (Å²) in [4.78, 5) is 0. The molecule has 0 bridgehead atoms. The van der Waals surface area contributed by atoms with Crippen LogP contribution in [0.15, 0.2) is 84.9 Å². The van der Waals surface area contributed by atoms with Gasteiger partial charge in [-0.15, -0.1) is 0 Å². The Morgan fingerprint density at radius 3 is 1.75 bits per heavy atom. The number of hydrogen-bond acceptors (Lipinski definition) is 6. The van der Waals surface area contributed by atoms with Crippen LogP contribution in [0.2, 0.25) is 0 Å². The van der Waals surface area contributed by atoms with Crippen molar-refractivity contribution < 1.29 is 85.1 Å². The molecule has 0 aromatic heterocycles. The minimum absolute atomic E-state index is 0. The van der Waals surface area contributed by atoms with Crippen molar-refractivity contribution >= 4 is 41.8 Å². The molecule has 1 fully saturated rings. The van der Waals surface area contributed by atoms with Crippen molar-refractivity contribution in [2.75, 3.05) is 0 Å². The average Bonchev–Trinajstić information content (AvgIpc) is 2.86. The van der Waals surface area contributed by atoms with Crippen molar-refractivity contribution in [1.29, 1.82) is 0 Å². The molecule has 3 atom stereocenters. The Bertz CT molecular complexity index is 1710. The van der Waals surface area contributed by atoms with Crippen LogP contribution in [0.5, 0.6) is 0 Å². The summed E-state index contributed by atoms with van der Waals surface area (Å²) in [5.74, 6) is -1.99. The van der Waals surface area contributed by atoms with Gasteiger partial charge in [-0.2, -0.15) is 0 Å². The maximum atomic E-state index is 13.4. The smallest absolute Gasteiger partial charge is 0.747 e. The van der Waals surface area contributed by atoms with E-state index in [-0.39, 0.29) is 59.1 Å². The Morgan fingerprint density at radius 2 is 1.20 bits per heavy atom. The van der Waals surface area contributed by atoms with Gasteiger partial charge in [-0.05, 0) is 63.3 Å². The van der Waals surface area contributed by atoms with E-state index in [9.17, 15) is 25.9 Å². The van der Waals surface area contributed by atoms with Gasteiger partial charge in [0, 0.05) is 5.41 Å². The van der Waals surface area contributed by atoms with Gasteiger partial charge in [0.2, 0.25) is 0 Å². The van der Waals surface area contributed by atoms with Crippen molar-refractivity contribution in [2.45, 2.75) is 49.0 Å². The first-order valence-electron chi connectivity index (χ1n) is 12.7. The minimum atomic E-state index is -5.69. The van der Waals surface area contributed by atoms with Gasteiger partial charge in [0.05, 0.1) is 0 Å². The Hall–Kier alpha value is -0.780. The predicted molar refractivity (Wildman–Crippen MR) is 148 cm³/mol. The van der Waals surface area contributed by atoms with E-state index in [1.54, 1.807) is 45.0 Å². The molecule has 1 saturated carbocycles. The molecule has 4 aromatic rings. The van der Waals surface area contributed by atoms with E-state index >= 15 is 0 Å². The summed E-state index contributed by atoms with van der Waals surface area (Å²) in [6.45, 7) is 5.17. The van der Waals surface area contributed by atoms with Crippen LogP contribution in [0.1, 0.15) is 50.7 Å². The van der Waals surface area contributed by atoms with Gasteiger partial charge in [-0.25, -0.2) is 16.8 Å². The van der Waals surface area contributed by atoms with Crippen LogP contribution in [0, 0.1) is 11.8 Å². The monoisotopic (exact) mass is 596 g/mol. The summed E-state index contributed by atoms with van der Waals surface area (Å²) in [6, 6.07) is 25.8. The summed E-state index contributed by atoms with van der Waals surface area (Å²) in [7, 11) is -11.4. The van der Waals surface area contributed by atoms with Crippen LogP contribution in [0.4, 0.5) is 0 Å². The third kappa shape index (κ3) is 4.96. The van der Waals surface area contributed by atoms with Crippen molar-refractivity contribution in [3.8, 4) is 0 Å². The van der Waals surface area contributed by atoms with Crippen molar-refractivity contribution in [3.63, 3.8) is 0 Å². The van der Waals surface area contributed by atoms with Crippen LogP contribution in [0.25, 0.3) is 21.5 Å². The molecule has 6 nitrogen and oxygen atoms in total. The predicted octanol–water partition coefficient (Wildman–Crippen LogP) is -0.105. The van der Waals surface area contributed by atoms with Crippen LogP contribution < -0.4 is 59.1 Å². The second kappa shape index (κ2) is 12.1. The number of hydrogen-bond donors (Lipinski definition) is 0. The minimum Gasteiger partial charge on any atom is -0.747 e. The molecule has 10 heteroatoms. The normalized spacial score (nSPS) is 22.9. The van der Waals surface area contributed by atoms with Gasteiger partial charge in [-0.3, -0.25) is 0 Å². The largest absolute Gasteiger partial charge is 1.00 e. The standard InChI is InChI=1S/C30H32O6S2.2Na/c1-20(2)30(27-17-9-13-23-11-5-7-15-25(23)27)28(26-16-8-12-22-10-4-6-14-24(22)26)18-21(3)19-29(30,37(31,32)33)38(34,35)36;;/h4-17,20-21,28H,18-19H2,1-3H3,(H,31,32,33)(H,34,35,36);;/q;2*+1/p-2. The fourth-order valence-electron chi connectivity index (χ4n) is 7.37. The van der Waals surface area contributed by atoms with Crippen molar-refractivity contribution in [2.24, 2.45) is 11.8 Å². The molecule has 1 aliphatic carbocycles. The second-order valence-corrected chi connectivity index (χ2v) is 14.3. The molecular formula is C30H30Na2O6S2. The van der Waals surface area contributed by atoms with Gasteiger partial charge in [0.15, 0.2) is 4.08 Å². The summed E-state index contributed by atoms with van der Waals surface area (Å²) >= 11 is 0. The Labute approximate surface area is 281 Å². The van der Waals surface area contributed by atoms with E-state index < -0.39 is 53.9 Å². The molecule has 0 radical (unpaired) electrons. The molecule has 3 unspecified atom stereocenters. The van der Waals surface area contributed by atoms with Crippen LogP contribution in [-0.4, -0.2) is 30.0 Å². The summed E-state index contributed by atoms with van der Waals surface area (Å²) in [6.07, 6.45) is -0.157. The van der Waals surface area contributed by atoms with E-state index in [1.165, 1.54) is 0 Å². The zero-order valence-corrected chi connectivity index (χ0v) is 29.1. The molecule has 200 valence electrons. The van der Waals surface area contributed by atoms with Crippen LogP contribution >= 0.6 is 0 Å². The second-order valence-electron chi connectivity index (χ2n) is 10.9. The van der Waals surface area contributed by atoms with Gasteiger partial charge in [0.25, 0.3) is 0 Å². The van der Waals surface area contributed by atoms with E-state index in [2.05, 4.69) is 0 Å². The molecule has 0 N–H and O–H groups in total. The van der Waals surface area contributed by atoms with Gasteiger partial charge in [-0.1, -0.05) is 106 Å². The topological polar surface area (TPSA) is 114 Å². The Balaban J connectivity index is 0.00000220. The SMILES string of the molecule is CC1CC(c2cccc3ccccc23)C(c2cccc3ccccc23)(C(C)C)C(S(=O)(=O)[O-])(S(=O)(=O)[O-])C1.[Na+].[Na+].